The summed E-state index contributed by atoms with van der Waals surface area (Å²) in [5.74, 6) is 1.61. The molecule has 0 atom stereocenters. The Morgan fingerprint density at radius 1 is 1.17 bits per heavy atom. The summed E-state index contributed by atoms with van der Waals surface area (Å²) in [4.78, 5) is 15.3. The van der Waals surface area contributed by atoms with Crippen molar-refractivity contribution in [3.63, 3.8) is 0 Å². The van der Waals surface area contributed by atoms with Gasteiger partial charge in [-0.05, 0) is 18.2 Å². The molecule has 3 heterocycles. The third-order valence-electron chi connectivity index (χ3n) is 4.71. The Labute approximate surface area is 144 Å². The van der Waals surface area contributed by atoms with Gasteiger partial charge in [-0.3, -0.25) is 0 Å². The number of benzene rings is 1. The highest BCUT2D eigenvalue weighted by Crippen LogP contribution is 2.34. The van der Waals surface area contributed by atoms with Gasteiger partial charge in [0.25, 0.3) is 0 Å². The SMILES string of the molecule is Cn1ccnc1C1(O)CCN(c2ncnc3cc(Cl)ccc23)CC1. The van der Waals surface area contributed by atoms with Crippen LogP contribution in [0.15, 0.2) is 36.9 Å². The maximum absolute atomic E-state index is 11.0. The molecular weight excluding hydrogens is 326 g/mol. The summed E-state index contributed by atoms with van der Waals surface area (Å²) in [6, 6.07) is 5.65. The first kappa shape index (κ1) is 15.4. The number of aromatic nitrogens is 4. The van der Waals surface area contributed by atoms with Crippen LogP contribution in [-0.2, 0) is 12.6 Å². The molecule has 1 saturated heterocycles. The summed E-state index contributed by atoms with van der Waals surface area (Å²) in [5.41, 5.74) is -0.0570. The summed E-state index contributed by atoms with van der Waals surface area (Å²) in [7, 11) is 1.91. The number of fused-ring (bicyclic) bond motifs is 1. The topological polar surface area (TPSA) is 67.1 Å². The molecule has 24 heavy (non-hydrogen) atoms. The van der Waals surface area contributed by atoms with Crippen molar-refractivity contribution in [2.75, 3.05) is 18.0 Å². The second-order valence-electron chi connectivity index (χ2n) is 6.24. The number of rotatable bonds is 2. The number of halogens is 1. The zero-order valence-corrected chi connectivity index (χ0v) is 14.1. The molecule has 4 rings (SSSR count). The third kappa shape index (κ3) is 2.52. The minimum absolute atomic E-state index is 0.608. The van der Waals surface area contributed by atoms with Crippen molar-refractivity contribution in [2.24, 2.45) is 7.05 Å². The first-order chi connectivity index (χ1) is 11.6. The van der Waals surface area contributed by atoms with Crippen LogP contribution in [0.1, 0.15) is 18.7 Å². The van der Waals surface area contributed by atoms with E-state index in [0.717, 1.165) is 22.5 Å². The third-order valence-corrected chi connectivity index (χ3v) is 4.94. The summed E-state index contributed by atoms with van der Waals surface area (Å²) < 4.78 is 1.89. The van der Waals surface area contributed by atoms with Crippen molar-refractivity contribution in [2.45, 2.75) is 18.4 Å². The smallest absolute Gasteiger partial charge is 0.140 e. The first-order valence-corrected chi connectivity index (χ1v) is 8.30. The maximum atomic E-state index is 11.0. The van der Waals surface area contributed by atoms with Crippen molar-refractivity contribution in [1.29, 1.82) is 0 Å². The molecule has 124 valence electrons. The van der Waals surface area contributed by atoms with Gasteiger partial charge in [0.15, 0.2) is 0 Å². The Bertz CT molecular complexity index is 886. The van der Waals surface area contributed by atoms with Gasteiger partial charge in [0.1, 0.15) is 23.6 Å². The predicted molar refractivity (Wildman–Crippen MR) is 93.1 cm³/mol. The van der Waals surface area contributed by atoms with Crippen LogP contribution < -0.4 is 4.90 Å². The van der Waals surface area contributed by atoms with Crippen LogP contribution in [0.5, 0.6) is 0 Å². The first-order valence-electron chi connectivity index (χ1n) is 7.92. The molecule has 0 amide bonds. The van der Waals surface area contributed by atoms with Gasteiger partial charge in [0.2, 0.25) is 0 Å². The quantitative estimate of drug-likeness (QED) is 0.774. The highest BCUT2D eigenvalue weighted by Gasteiger charge is 2.37. The van der Waals surface area contributed by atoms with Crippen LogP contribution in [-0.4, -0.2) is 37.7 Å². The highest BCUT2D eigenvalue weighted by molar-refractivity contribution is 6.31. The van der Waals surface area contributed by atoms with Crippen molar-refractivity contribution in [3.8, 4) is 0 Å². The summed E-state index contributed by atoms with van der Waals surface area (Å²) in [5, 5.41) is 12.6. The van der Waals surface area contributed by atoms with Crippen LogP contribution in [0.4, 0.5) is 5.82 Å². The minimum Gasteiger partial charge on any atom is -0.382 e. The molecule has 2 aromatic heterocycles. The van der Waals surface area contributed by atoms with E-state index in [4.69, 9.17) is 11.6 Å². The Morgan fingerprint density at radius 3 is 2.67 bits per heavy atom. The van der Waals surface area contributed by atoms with Crippen LogP contribution >= 0.6 is 11.6 Å². The number of aliphatic hydroxyl groups is 1. The van der Waals surface area contributed by atoms with Gasteiger partial charge in [-0.25, -0.2) is 15.0 Å². The summed E-state index contributed by atoms with van der Waals surface area (Å²) in [6.07, 6.45) is 6.37. The van der Waals surface area contributed by atoms with Crippen LogP contribution in [0.25, 0.3) is 10.9 Å². The summed E-state index contributed by atoms with van der Waals surface area (Å²) >= 11 is 6.05. The van der Waals surface area contributed by atoms with E-state index in [-0.39, 0.29) is 0 Å². The van der Waals surface area contributed by atoms with Crippen LogP contribution in [0.3, 0.4) is 0 Å². The molecule has 0 saturated carbocycles. The lowest BCUT2D eigenvalue weighted by Crippen LogP contribution is -2.44. The number of nitrogens with zero attached hydrogens (tertiary/aromatic N) is 5. The van der Waals surface area contributed by atoms with E-state index >= 15 is 0 Å². The van der Waals surface area contributed by atoms with E-state index in [9.17, 15) is 5.11 Å². The number of hydrogen-bond acceptors (Lipinski definition) is 5. The summed E-state index contributed by atoms with van der Waals surface area (Å²) in [6.45, 7) is 1.41. The second kappa shape index (κ2) is 5.72. The van der Waals surface area contributed by atoms with Gasteiger partial charge in [-0.15, -0.1) is 0 Å². The zero-order valence-electron chi connectivity index (χ0n) is 13.4. The molecule has 1 aliphatic rings. The maximum Gasteiger partial charge on any atom is 0.140 e. The van der Waals surface area contributed by atoms with E-state index in [1.54, 1.807) is 12.5 Å². The van der Waals surface area contributed by atoms with Crippen LogP contribution in [0, 0.1) is 0 Å². The molecule has 0 spiro atoms. The van der Waals surface area contributed by atoms with Crippen molar-refractivity contribution in [3.05, 3.63) is 47.8 Å². The second-order valence-corrected chi connectivity index (χ2v) is 6.68. The fourth-order valence-electron chi connectivity index (χ4n) is 3.39. The zero-order chi connectivity index (χ0) is 16.7. The van der Waals surface area contributed by atoms with Gasteiger partial charge < -0.3 is 14.6 Å². The van der Waals surface area contributed by atoms with E-state index in [1.165, 1.54) is 0 Å². The molecule has 0 unspecified atom stereocenters. The van der Waals surface area contributed by atoms with Gasteiger partial charge in [0, 0.05) is 55.8 Å². The lowest BCUT2D eigenvalue weighted by Gasteiger charge is -2.38. The molecule has 0 aliphatic carbocycles. The molecule has 6 nitrogen and oxygen atoms in total. The highest BCUT2D eigenvalue weighted by atomic mass is 35.5. The predicted octanol–water partition coefficient (Wildman–Crippen LogP) is 2.50. The molecule has 1 aromatic carbocycles. The van der Waals surface area contributed by atoms with Crippen LogP contribution in [0.2, 0.25) is 5.02 Å². The Kier molecular flexibility index (Phi) is 3.66. The lowest BCUT2D eigenvalue weighted by molar-refractivity contribution is 0.000712. The molecule has 0 bridgehead atoms. The average molecular weight is 344 g/mol. The number of anilines is 1. The average Bonchev–Trinajstić information content (AvgIpc) is 3.02. The number of hydrogen-bond donors (Lipinski definition) is 1. The molecule has 1 aliphatic heterocycles. The Balaban J connectivity index is 1.62. The van der Waals surface area contributed by atoms with E-state index in [2.05, 4.69) is 19.9 Å². The molecule has 0 radical (unpaired) electrons. The Morgan fingerprint density at radius 2 is 1.96 bits per heavy atom. The van der Waals surface area contributed by atoms with E-state index < -0.39 is 5.60 Å². The Hall–Kier alpha value is -2.18. The van der Waals surface area contributed by atoms with E-state index in [0.29, 0.717) is 31.0 Å². The molecule has 1 fully saturated rings. The number of piperidine rings is 1. The monoisotopic (exact) mass is 343 g/mol. The lowest BCUT2D eigenvalue weighted by atomic mass is 9.90. The van der Waals surface area contributed by atoms with Gasteiger partial charge >= 0.3 is 0 Å². The fraction of sp³-hybridized carbons (Fsp3) is 0.353. The normalized spacial score (nSPS) is 17.4. The molecule has 7 heteroatoms. The van der Waals surface area contributed by atoms with Gasteiger partial charge in [-0.1, -0.05) is 11.6 Å². The number of imidazole rings is 1. The van der Waals surface area contributed by atoms with Crippen molar-refractivity contribution < 1.29 is 5.11 Å². The molecular formula is C17H18ClN5O. The largest absolute Gasteiger partial charge is 0.382 e. The number of aryl methyl sites for hydroxylation is 1. The van der Waals surface area contributed by atoms with Gasteiger partial charge in [-0.2, -0.15) is 0 Å². The van der Waals surface area contributed by atoms with Crippen molar-refractivity contribution >= 4 is 28.3 Å². The molecule has 1 N–H and O–H groups in total. The fourth-order valence-corrected chi connectivity index (χ4v) is 3.56. The van der Waals surface area contributed by atoms with Crippen molar-refractivity contribution in [1.82, 2.24) is 19.5 Å². The minimum atomic E-state index is -0.888. The van der Waals surface area contributed by atoms with E-state index in [1.807, 2.05) is 36.0 Å². The van der Waals surface area contributed by atoms with Gasteiger partial charge in [0.05, 0.1) is 5.52 Å². The molecule has 3 aromatic rings. The standard InChI is InChI=1S/C17H18ClN5O/c1-22-9-6-19-16(22)17(24)4-7-23(8-5-17)15-13-3-2-12(18)10-14(13)20-11-21-15/h2-3,6,9-11,24H,4-5,7-8H2,1H3.